The van der Waals surface area contributed by atoms with Crippen molar-refractivity contribution in [3.05, 3.63) is 50.2 Å². The molecule has 0 bridgehead atoms. The van der Waals surface area contributed by atoms with Gasteiger partial charge in [0.2, 0.25) is 0 Å². The molecular formula is C16H17ClO3S. The van der Waals surface area contributed by atoms with E-state index in [1.54, 1.807) is 11.4 Å². The molecule has 0 amide bonds. The normalized spacial score (nSPS) is 10.9. The van der Waals surface area contributed by atoms with E-state index in [1.165, 1.54) is 11.3 Å². The highest BCUT2D eigenvalue weighted by Crippen LogP contribution is 2.32. The Morgan fingerprint density at radius 1 is 1.38 bits per heavy atom. The number of benzene rings is 1. The van der Waals surface area contributed by atoms with E-state index in [1.807, 2.05) is 19.1 Å². The molecule has 2 rings (SSSR count). The summed E-state index contributed by atoms with van der Waals surface area (Å²) in [6.07, 6.45) is 0. The van der Waals surface area contributed by atoms with Crippen LogP contribution in [0, 0.1) is 6.92 Å². The van der Waals surface area contributed by atoms with Gasteiger partial charge in [-0.1, -0.05) is 25.4 Å². The smallest absolute Gasteiger partial charge is 0.345 e. The maximum atomic E-state index is 10.9. The summed E-state index contributed by atoms with van der Waals surface area (Å²) < 4.78 is 5.87. The highest BCUT2D eigenvalue weighted by Gasteiger charge is 2.12. The monoisotopic (exact) mass is 324 g/mol. The van der Waals surface area contributed by atoms with Crippen LogP contribution in [0.15, 0.2) is 23.6 Å². The zero-order valence-corrected chi connectivity index (χ0v) is 13.7. The number of hydrogen-bond donors (Lipinski definition) is 1. The molecule has 3 nitrogen and oxygen atoms in total. The molecule has 0 spiro atoms. The molecule has 0 fully saturated rings. The Kier molecular flexibility index (Phi) is 4.91. The maximum absolute atomic E-state index is 10.9. The number of hydrogen-bond acceptors (Lipinski definition) is 3. The Morgan fingerprint density at radius 2 is 2.10 bits per heavy atom. The van der Waals surface area contributed by atoms with Gasteiger partial charge in [0.05, 0.1) is 0 Å². The van der Waals surface area contributed by atoms with Gasteiger partial charge < -0.3 is 9.84 Å². The lowest BCUT2D eigenvalue weighted by atomic mass is 10.0. The first-order valence-corrected chi connectivity index (χ1v) is 7.87. The summed E-state index contributed by atoms with van der Waals surface area (Å²) in [5.41, 5.74) is 2.88. The van der Waals surface area contributed by atoms with Crippen LogP contribution in [0.3, 0.4) is 0 Å². The van der Waals surface area contributed by atoms with E-state index in [9.17, 15) is 4.79 Å². The Bertz CT molecular complexity index is 662. The van der Waals surface area contributed by atoms with Crippen molar-refractivity contribution in [2.75, 3.05) is 0 Å². The second-order valence-corrected chi connectivity index (χ2v) is 6.53. The molecule has 1 N–H and O–H groups in total. The lowest BCUT2D eigenvalue weighted by molar-refractivity contribution is 0.0702. The van der Waals surface area contributed by atoms with Gasteiger partial charge in [-0.2, -0.15) is 0 Å². The number of halogens is 1. The molecule has 0 atom stereocenters. The molecule has 0 aliphatic carbocycles. The van der Waals surface area contributed by atoms with Crippen LogP contribution in [0.1, 0.15) is 46.1 Å². The predicted octanol–water partition coefficient (Wildman–Crippen LogP) is 5.11. The van der Waals surface area contributed by atoms with E-state index in [4.69, 9.17) is 21.4 Å². The fourth-order valence-corrected chi connectivity index (χ4v) is 2.88. The van der Waals surface area contributed by atoms with Crippen molar-refractivity contribution < 1.29 is 14.6 Å². The summed E-state index contributed by atoms with van der Waals surface area (Å²) in [5.74, 6) is 0.196. The van der Waals surface area contributed by atoms with Gasteiger partial charge in [-0.3, -0.25) is 0 Å². The summed E-state index contributed by atoms with van der Waals surface area (Å²) in [5, 5.41) is 11.5. The first-order valence-electron chi connectivity index (χ1n) is 6.62. The third-order valence-electron chi connectivity index (χ3n) is 3.17. The Labute approximate surface area is 133 Å². The number of carboxylic acids is 1. The average molecular weight is 325 g/mol. The number of aromatic carboxylic acids is 1. The first-order chi connectivity index (χ1) is 9.88. The average Bonchev–Trinajstić information content (AvgIpc) is 2.88. The molecule has 1 heterocycles. The van der Waals surface area contributed by atoms with Crippen molar-refractivity contribution in [1.29, 1.82) is 0 Å². The Hall–Kier alpha value is -1.52. The zero-order chi connectivity index (χ0) is 15.6. The lowest BCUT2D eigenvalue weighted by Crippen LogP contribution is -2.00. The molecule has 1 aromatic carbocycles. The largest absolute Gasteiger partial charge is 0.489 e. The lowest BCUT2D eigenvalue weighted by Gasteiger charge is -2.15. The van der Waals surface area contributed by atoms with Gasteiger partial charge in [-0.25, -0.2) is 4.79 Å². The van der Waals surface area contributed by atoms with Crippen molar-refractivity contribution in [3.63, 3.8) is 0 Å². The third-order valence-corrected chi connectivity index (χ3v) is 4.55. The van der Waals surface area contributed by atoms with Crippen molar-refractivity contribution in [2.45, 2.75) is 33.3 Å². The van der Waals surface area contributed by atoms with Crippen LogP contribution in [0.5, 0.6) is 5.75 Å². The molecule has 0 aliphatic heterocycles. The molecule has 0 saturated heterocycles. The van der Waals surface area contributed by atoms with Crippen LogP contribution in [0.25, 0.3) is 0 Å². The quantitative estimate of drug-likeness (QED) is 0.831. The number of thiophene rings is 1. The number of ether oxygens (including phenoxy) is 1. The molecule has 0 saturated carbocycles. The van der Waals surface area contributed by atoms with Gasteiger partial charge in [0.15, 0.2) is 0 Å². The van der Waals surface area contributed by atoms with Crippen LogP contribution in [0.2, 0.25) is 5.02 Å². The summed E-state index contributed by atoms with van der Waals surface area (Å²) in [6.45, 7) is 6.46. The van der Waals surface area contributed by atoms with Gasteiger partial charge in [0.25, 0.3) is 0 Å². The van der Waals surface area contributed by atoms with E-state index in [0.29, 0.717) is 17.4 Å². The number of aryl methyl sites for hydroxylation is 1. The van der Waals surface area contributed by atoms with Crippen LogP contribution < -0.4 is 4.74 Å². The van der Waals surface area contributed by atoms with E-state index in [-0.39, 0.29) is 0 Å². The summed E-state index contributed by atoms with van der Waals surface area (Å²) in [4.78, 5) is 11.2. The SMILES string of the molecule is Cc1cc(OCc2csc(C(=O)O)c2)c(C(C)C)cc1Cl. The summed E-state index contributed by atoms with van der Waals surface area (Å²) >= 11 is 7.37. The molecule has 0 radical (unpaired) electrons. The number of carboxylic acid groups (broad SMARTS) is 1. The first kappa shape index (κ1) is 15.9. The zero-order valence-electron chi connectivity index (χ0n) is 12.1. The van der Waals surface area contributed by atoms with Crippen molar-refractivity contribution in [3.8, 4) is 5.75 Å². The van der Waals surface area contributed by atoms with Crippen molar-refractivity contribution >= 4 is 28.9 Å². The molecule has 21 heavy (non-hydrogen) atoms. The highest BCUT2D eigenvalue weighted by molar-refractivity contribution is 7.12. The molecule has 2 aromatic rings. The molecule has 5 heteroatoms. The minimum atomic E-state index is -0.906. The number of carbonyl (C=O) groups is 1. The molecule has 112 valence electrons. The van der Waals surface area contributed by atoms with Gasteiger partial charge in [-0.15, -0.1) is 11.3 Å². The molecule has 0 unspecified atom stereocenters. The minimum absolute atomic E-state index is 0.301. The maximum Gasteiger partial charge on any atom is 0.345 e. The van der Waals surface area contributed by atoms with E-state index >= 15 is 0 Å². The Balaban J connectivity index is 2.18. The number of rotatable bonds is 5. The topological polar surface area (TPSA) is 46.5 Å². The van der Waals surface area contributed by atoms with Crippen LogP contribution in [0.4, 0.5) is 0 Å². The van der Waals surface area contributed by atoms with Gasteiger partial charge >= 0.3 is 5.97 Å². The van der Waals surface area contributed by atoms with Gasteiger partial charge in [0, 0.05) is 10.6 Å². The van der Waals surface area contributed by atoms with Gasteiger partial charge in [0.1, 0.15) is 17.2 Å². The van der Waals surface area contributed by atoms with Crippen LogP contribution >= 0.6 is 22.9 Å². The van der Waals surface area contributed by atoms with Crippen molar-refractivity contribution in [1.82, 2.24) is 0 Å². The molecule has 1 aromatic heterocycles. The van der Waals surface area contributed by atoms with Crippen molar-refractivity contribution in [2.24, 2.45) is 0 Å². The Morgan fingerprint density at radius 3 is 2.67 bits per heavy atom. The van der Waals surface area contributed by atoms with E-state index in [0.717, 1.165) is 27.5 Å². The highest BCUT2D eigenvalue weighted by atomic mass is 35.5. The minimum Gasteiger partial charge on any atom is -0.489 e. The standard InChI is InChI=1S/C16H17ClO3S/c1-9(2)12-6-13(17)10(3)4-14(12)20-7-11-5-15(16(18)19)21-8-11/h4-6,8-9H,7H2,1-3H3,(H,18,19). The molecule has 0 aliphatic rings. The third kappa shape index (κ3) is 3.77. The van der Waals surface area contributed by atoms with E-state index in [2.05, 4.69) is 13.8 Å². The van der Waals surface area contributed by atoms with Crippen LogP contribution in [-0.2, 0) is 6.61 Å². The fraction of sp³-hybridized carbons (Fsp3) is 0.312. The second-order valence-electron chi connectivity index (χ2n) is 5.21. The fourth-order valence-electron chi connectivity index (χ4n) is 1.97. The van der Waals surface area contributed by atoms with Gasteiger partial charge in [-0.05, 0) is 47.5 Å². The van der Waals surface area contributed by atoms with E-state index < -0.39 is 5.97 Å². The predicted molar refractivity (Wildman–Crippen MR) is 85.9 cm³/mol. The molecular weight excluding hydrogens is 308 g/mol. The second kappa shape index (κ2) is 6.50. The van der Waals surface area contributed by atoms with Crippen LogP contribution in [-0.4, -0.2) is 11.1 Å². The summed E-state index contributed by atoms with van der Waals surface area (Å²) in [7, 11) is 0. The summed E-state index contributed by atoms with van der Waals surface area (Å²) in [6, 6.07) is 5.51.